The van der Waals surface area contributed by atoms with Gasteiger partial charge >= 0.3 is 0 Å². The Morgan fingerprint density at radius 2 is 1.24 bits per heavy atom. The van der Waals surface area contributed by atoms with Crippen molar-refractivity contribution in [1.82, 2.24) is 14.1 Å². The number of aromatic nitrogens is 3. The Bertz CT molecular complexity index is 2650. The maximum atomic E-state index is 9.59. The number of hydrogen-bond acceptors (Lipinski definition) is 2. The zero-order valence-electron chi connectivity index (χ0n) is 24.7. The molecule has 0 unspecified atom stereocenters. The Hall–Kier alpha value is -6.17. The van der Waals surface area contributed by atoms with Gasteiger partial charge in [0.05, 0.1) is 40.3 Å². The number of para-hydroxylation sites is 2. The first kappa shape index (κ1) is 25.3. The molecule has 0 radical (unpaired) electrons. The van der Waals surface area contributed by atoms with Gasteiger partial charge in [-0.15, -0.1) is 0 Å². The molecular weight excluding hydrogens is 550 g/mol. The molecular formula is C40H25N5. The summed E-state index contributed by atoms with van der Waals surface area (Å²) in [6.07, 6.45) is 0. The summed E-state index contributed by atoms with van der Waals surface area (Å²) in [5, 5.41) is 14.1. The summed E-state index contributed by atoms with van der Waals surface area (Å²) >= 11 is 0. The Labute approximate surface area is 259 Å². The van der Waals surface area contributed by atoms with Crippen LogP contribution in [0.15, 0.2) is 115 Å². The first-order valence-electron chi connectivity index (χ1n) is 15.0. The van der Waals surface area contributed by atoms with Crippen molar-refractivity contribution in [1.29, 1.82) is 5.26 Å². The van der Waals surface area contributed by atoms with Crippen molar-refractivity contribution in [2.45, 2.75) is 19.3 Å². The van der Waals surface area contributed by atoms with Crippen molar-refractivity contribution >= 4 is 49.3 Å². The van der Waals surface area contributed by atoms with E-state index in [0.717, 1.165) is 50.0 Å². The average molecular weight is 576 g/mol. The van der Waals surface area contributed by atoms with E-state index in [0.29, 0.717) is 11.3 Å². The lowest BCUT2D eigenvalue weighted by atomic mass is 9.82. The quantitative estimate of drug-likeness (QED) is 0.193. The van der Waals surface area contributed by atoms with Crippen LogP contribution in [0.4, 0.5) is 5.69 Å². The normalized spacial score (nSPS) is 13.2. The third-order valence-corrected chi connectivity index (χ3v) is 9.56. The number of nitrogens with zero attached hydrogens (tertiary/aromatic N) is 5. The molecule has 0 N–H and O–H groups in total. The van der Waals surface area contributed by atoms with Crippen LogP contribution in [0.1, 0.15) is 30.5 Å². The zero-order valence-corrected chi connectivity index (χ0v) is 24.7. The van der Waals surface area contributed by atoms with Crippen LogP contribution >= 0.6 is 0 Å². The molecule has 0 atom stereocenters. The van der Waals surface area contributed by atoms with Crippen LogP contribution in [0.2, 0.25) is 0 Å². The lowest BCUT2D eigenvalue weighted by molar-refractivity contribution is 0.661. The SMILES string of the molecule is [C-]#[N+]c1ccc2c(c1)-c1cc3c(cc1C2(C)C)c1ccccc1n3-c1cccc(-n2c3ccccc3c3cc(C#N)ccc32)n1. The summed E-state index contributed by atoms with van der Waals surface area (Å²) in [6.45, 7) is 12.2. The molecule has 0 fully saturated rings. The number of rotatable bonds is 2. The monoisotopic (exact) mass is 575 g/mol. The molecule has 0 saturated carbocycles. The zero-order chi connectivity index (χ0) is 30.4. The van der Waals surface area contributed by atoms with Crippen LogP contribution in [0.25, 0.3) is 71.2 Å². The maximum absolute atomic E-state index is 9.59. The summed E-state index contributed by atoms with van der Waals surface area (Å²) in [5.74, 6) is 1.63. The van der Waals surface area contributed by atoms with Gasteiger partial charge in [-0.05, 0) is 82.9 Å². The van der Waals surface area contributed by atoms with E-state index in [-0.39, 0.29) is 5.41 Å². The number of pyridine rings is 1. The van der Waals surface area contributed by atoms with Gasteiger partial charge in [0.2, 0.25) is 0 Å². The average Bonchev–Trinajstić information content (AvgIpc) is 3.66. The topological polar surface area (TPSA) is 50.9 Å². The third kappa shape index (κ3) is 3.38. The van der Waals surface area contributed by atoms with Gasteiger partial charge in [0.15, 0.2) is 5.69 Å². The fraction of sp³-hybridized carbons (Fsp3) is 0.0750. The summed E-state index contributed by atoms with van der Waals surface area (Å²) in [4.78, 5) is 9.05. The molecule has 0 saturated heterocycles. The van der Waals surface area contributed by atoms with Gasteiger partial charge in [0, 0.05) is 27.0 Å². The molecule has 0 aliphatic heterocycles. The molecule has 8 aromatic rings. The van der Waals surface area contributed by atoms with Crippen molar-refractivity contribution in [3.05, 3.63) is 143 Å². The highest BCUT2D eigenvalue weighted by Crippen LogP contribution is 2.52. The van der Waals surface area contributed by atoms with Crippen LogP contribution in [0.5, 0.6) is 0 Å². The number of benzene rings is 5. The molecule has 5 aromatic carbocycles. The molecule has 1 aliphatic carbocycles. The highest BCUT2D eigenvalue weighted by molar-refractivity contribution is 6.12. The van der Waals surface area contributed by atoms with Gasteiger partial charge in [-0.25, -0.2) is 9.83 Å². The van der Waals surface area contributed by atoms with Gasteiger partial charge in [-0.1, -0.05) is 68.4 Å². The molecule has 1 aliphatic rings. The number of fused-ring (bicyclic) bond motifs is 9. The van der Waals surface area contributed by atoms with Gasteiger partial charge in [-0.2, -0.15) is 5.26 Å². The minimum absolute atomic E-state index is 0.178. The molecule has 0 amide bonds. The second kappa shape index (κ2) is 8.92. The van der Waals surface area contributed by atoms with E-state index in [1.807, 2.05) is 48.5 Å². The van der Waals surface area contributed by atoms with E-state index in [1.165, 1.54) is 27.5 Å². The van der Waals surface area contributed by atoms with Crippen LogP contribution in [0.3, 0.4) is 0 Å². The van der Waals surface area contributed by atoms with Gasteiger partial charge in [0.1, 0.15) is 11.6 Å². The summed E-state index contributed by atoms with van der Waals surface area (Å²) in [7, 11) is 0. The fourth-order valence-electron chi connectivity index (χ4n) is 7.47. The smallest absolute Gasteiger partial charge is 0.187 e. The Morgan fingerprint density at radius 1 is 0.622 bits per heavy atom. The molecule has 3 aromatic heterocycles. The van der Waals surface area contributed by atoms with Crippen molar-refractivity contribution in [3.63, 3.8) is 0 Å². The van der Waals surface area contributed by atoms with E-state index >= 15 is 0 Å². The van der Waals surface area contributed by atoms with Crippen LogP contribution in [-0.4, -0.2) is 14.1 Å². The standard InChI is InChI=1S/C40H25N5/c1-40(2)32-17-16-25(42-3)20-28(32)29-22-37-31(21-33(29)40)27-10-5-7-12-35(27)45(37)39-14-8-13-38(43-39)44-34-11-6-4-9-26(34)30-19-24(23-41)15-18-36(30)44/h4-22H,1-2H3. The molecule has 210 valence electrons. The Morgan fingerprint density at radius 3 is 1.93 bits per heavy atom. The van der Waals surface area contributed by atoms with Crippen LogP contribution < -0.4 is 0 Å². The van der Waals surface area contributed by atoms with Crippen molar-refractivity contribution in [2.75, 3.05) is 0 Å². The van der Waals surface area contributed by atoms with Crippen LogP contribution in [-0.2, 0) is 5.41 Å². The second-order valence-corrected chi connectivity index (χ2v) is 12.3. The van der Waals surface area contributed by atoms with Crippen molar-refractivity contribution in [3.8, 4) is 28.8 Å². The van der Waals surface area contributed by atoms with Crippen LogP contribution in [0, 0.1) is 17.9 Å². The molecule has 5 nitrogen and oxygen atoms in total. The summed E-state index contributed by atoms with van der Waals surface area (Å²) in [5.41, 5.74) is 10.2. The predicted molar refractivity (Wildman–Crippen MR) is 181 cm³/mol. The second-order valence-electron chi connectivity index (χ2n) is 12.3. The minimum Gasteiger partial charge on any atom is -0.294 e. The lowest BCUT2D eigenvalue weighted by Gasteiger charge is -2.21. The molecule has 5 heteroatoms. The first-order valence-corrected chi connectivity index (χ1v) is 15.0. The highest BCUT2D eigenvalue weighted by atomic mass is 15.1. The van der Waals surface area contributed by atoms with E-state index in [4.69, 9.17) is 11.6 Å². The fourth-order valence-corrected chi connectivity index (χ4v) is 7.47. The predicted octanol–water partition coefficient (Wildman–Crippen LogP) is 10.0. The molecule has 0 bridgehead atoms. The molecule has 3 heterocycles. The van der Waals surface area contributed by atoms with E-state index < -0.39 is 0 Å². The number of nitriles is 1. The molecule has 45 heavy (non-hydrogen) atoms. The largest absolute Gasteiger partial charge is 0.294 e. The molecule has 9 rings (SSSR count). The lowest BCUT2D eigenvalue weighted by Crippen LogP contribution is -2.14. The first-order chi connectivity index (χ1) is 22.0. The Kier molecular flexibility index (Phi) is 5.03. The number of hydrogen-bond donors (Lipinski definition) is 0. The maximum Gasteiger partial charge on any atom is 0.187 e. The Balaban J connectivity index is 1.33. The third-order valence-electron chi connectivity index (χ3n) is 9.56. The van der Waals surface area contributed by atoms with Gasteiger partial charge in [-0.3, -0.25) is 9.13 Å². The minimum atomic E-state index is -0.178. The van der Waals surface area contributed by atoms with Crippen molar-refractivity contribution in [2.24, 2.45) is 0 Å². The van der Waals surface area contributed by atoms with E-state index in [1.54, 1.807) is 0 Å². The van der Waals surface area contributed by atoms with Crippen molar-refractivity contribution < 1.29 is 0 Å². The van der Waals surface area contributed by atoms with Gasteiger partial charge in [0.25, 0.3) is 0 Å². The molecule has 0 spiro atoms. The highest BCUT2D eigenvalue weighted by Gasteiger charge is 2.36. The summed E-state index contributed by atoms with van der Waals surface area (Å²) < 4.78 is 4.45. The van der Waals surface area contributed by atoms with E-state index in [2.05, 4.69) is 101 Å². The van der Waals surface area contributed by atoms with E-state index in [9.17, 15) is 5.26 Å². The summed E-state index contributed by atoms with van der Waals surface area (Å²) in [6, 6.07) is 41.9. The van der Waals surface area contributed by atoms with Gasteiger partial charge < -0.3 is 0 Å².